The van der Waals surface area contributed by atoms with Gasteiger partial charge < -0.3 is 9.47 Å². The molecule has 0 unspecified atom stereocenters. The Hall–Kier alpha value is -0.340. The summed E-state index contributed by atoms with van der Waals surface area (Å²) in [5.74, 6) is 0. The molecular formula is C39H78O2. The quantitative estimate of drug-likeness (QED) is 0.0539. The smallest absolute Gasteiger partial charge is 0.0487 e. The summed E-state index contributed by atoms with van der Waals surface area (Å²) in [5, 5.41) is 0. The number of hydrogen-bond donors (Lipinski definition) is 0. The first-order chi connectivity index (χ1) is 20.4. The molecule has 0 aliphatic rings. The largest absolute Gasteiger partial charge is 0.381 e. The number of unbranched alkanes of at least 4 members (excludes halogenated alkanes) is 27. The molecule has 0 saturated carbocycles. The zero-order valence-corrected chi connectivity index (χ0v) is 28.7. The van der Waals surface area contributed by atoms with E-state index in [2.05, 4.69) is 26.0 Å². The number of hydrogen-bond acceptors (Lipinski definition) is 2. The molecule has 0 radical (unpaired) electrons. The van der Waals surface area contributed by atoms with Crippen molar-refractivity contribution in [2.45, 2.75) is 213 Å². The van der Waals surface area contributed by atoms with Crippen LogP contribution in [0.15, 0.2) is 12.2 Å². The van der Waals surface area contributed by atoms with Crippen LogP contribution in [0.5, 0.6) is 0 Å². The van der Waals surface area contributed by atoms with Gasteiger partial charge in [0.05, 0.1) is 0 Å². The van der Waals surface area contributed by atoms with E-state index in [1.165, 1.54) is 193 Å². The molecule has 0 rings (SSSR count). The Kier molecular flexibility index (Phi) is 39.3. The third-order valence-electron chi connectivity index (χ3n) is 8.52. The van der Waals surface area contributed by atoms with Gasteiger partial charge in [-0.1, -0.05) is 180 Å². The van der Waals surface area contributed by atoms with E-state index in [9.17, 15) is 0 Å². The fourth-order valence-corrected chi connectivity index (χ4v) is 5.67. The maximum atomic E-state index is 5.80. The molecule has 41 heavy (non-hydrogen) atoms. The summed E-state index contributed by atoms with van der Waals surface area (Å²) in [6.45, 7) is 8.19. The van der Waals surface area contributed by atoms with Gasteiger partial charge in [-0.25, -0.2) is 0 Å². The maximum Gasteiger partial charge on any atom is 0.0487 e. The molecule has 0 atom stereocenters. The molecule has 0 bridgehead atoms. The van der Waals surface area contributed by atoms with Gasteiger partial charge in [-0.2, -0.15) is 0 Å². The van der Waals surface area contributed by atoms with Crippen LogP contribution in [0.2, 0.25) is 0 Å². The molecule has 0 aliphatic heterocycles. The average molecular weight is 579 g/mol. The van der Waals surface area contributed by atoms with Crippen molar-refractivity contribution in [2.24, 2.45) is 0 Å². The third kappa shape index (κ3) is 39.7. The van der Waals surface area contributed by atoms with E-state index in [-0.39, 0.29) is 0 Å². The highest BCUT2D eigenvalue weighted by Crippen LogP contribution is 2.14. The highest BCUT2D eigenvalue weighted by molar-refractivity contribution is 4.81. The molecule has 0 aromatic rings. The summed E-state index contributed by atoms with van der Waals surface area (Å²) in [6, 6.07) is 0. The van der Waals surface area contributed by atoms with Crippen LogP contribution in [0, 0.1) is 0 Å². The van der Waals surface area contributed by atoms with Crippen molar-refractivity contribution in [3.05, 3.63) is 12.2 Å². The Morgan fingerprint density at radius 3 is 0.829 bits per heavy atom. The van der Waals surface area contributed by atoms with E-state index in [0.717, 1.165) is 32.8 Å². The lowest BCUT2D eigenvalue weighted by atomic mass is 10.0. The van der Waals surface area contributed by atoms with E-state index < -0.39 is 0 Å². The molecule has 0 N–H and O–H groups in total. The van der Waals surface area contributed by atoms with E-state index in [4.69, 9.17) is 9.47 Å². The molecule has 0 saturated heterocycles. The molecule has 0 aromatic heterocycles. The lowest BCUT2D eigenvalue weighted by Crippen LogP contribution is -2.03. The van der Waals surface area contributed by atoms with Crippen LogP contribution in [-0.4, -0.2) is 26.4 Å². The zero-order valence-electron chi connectivity index (χ0n) is 28.7. The maximum absolute atomic E-state index is 5.80. The van der Waals surface area contributed by atoms with Gasteiger partial charge in [0, 0.05) is 26.4 Å². The minimum Gasteiger partial charge on any atom is -0.381 e. The Balaban J connectivity index is 3.05. The SMILES string of the molecule is CCCCCCCCC=CCCCCCCCCOCCCOCCCCCCCCCCCCCCCCCC. The van der Waals surface area contributed by atoms with E-state index >= 15 is 0 Å². The van der Waals surface area contributed by atoms with Crippen LogP contribution in [-0.2, 0) is 9.47 Å². The number of rotatable bonds is 37. The molecule has 0 aromatic carbocycles. The average Bonchev–Trinajstić information content (AvgIpc) is 2.98. The van der Waals surface area contributed by atoms with E-state index in [0.29, 0.717) is 0 Å². The van der Waals surface area contributed by atoms with Crippen LogP contribution in [0.25, 0.3) is 0 Å². The third-order valence-corrected chi connectivity index (χ3v) is 8.52. The van der Waals surface area contributed by atoms with Crippen molar-refractivity contribution < 1.29 is 9.47 Å². The van der Waals surface area contributed by atoms with Gasteiger partial charge in [-0.05, 0) is 44.9 Å². The summed E-state index contributed by atoms with van der Waals surface area (Å²) in [5.41, 5.74) is 0. The Morgan fingerprint density at radius 1 is 0.268 bits per heavy atom. The predicted octanol–water partition coefficient (Wildman–Crippen LogP) is 13.7. The lowest BCUT2D eigenvalue weighted by molar-refractivity contribution is 0.0794. The number of allylic oxidation sites excluding steroid dienone is 2. The first-order valence-electron chi connectivity index (χ1n) is 19.2. The molecule has 2 nitrogen and oxygen atoms in total. The van der Waals surface area contributed by atoms with Crippen LogP contribution in [0.4, 0.5) is 0 Å². The first-order valence-corrected chi connectivity index (χ1v) is 19.2. The molecule has 0 heterocycles. The van der Waals surface area contributed by atoms with E-state index in [1.54, 1.807) is 0 Å². The Morgan fingerprint density at radius 2 is 0.512 bits per heavy atom. The Labute approximate surface area is 260 Å². The summed E-state index contributed by atoms with van der Waals surface area (Å²) in [7, 11) is 0. The fourth-order valence-electron chi connectivity index (χ4n) is 5.67. The monoisotopic (exact) mass is 579 g/mol. The lowest BCUT2D eigenvalue weighted by Gasteiger charge is -2.06. The van der Waals surface area contributed by atoms with Gasteiger partial charge in [-0.15, -0.1) is 0 Å². The van der Waals surface area contributed by atoms with Crippen LogP contribution in [0.1, 0.15) is 213 Å². The molecule has 0 aliphatic carbocycles. The van der Waals surface area contributed by atoms with Gasteiger partial charge in [0.1, 0.15) is 0 Å². The van der Waals surface area contributed by atoms with Gasteiger partial charge in [0.25, 0.3) is 0 Å². The topological polar surface area (TPSA) is 18.5 Å². The van der Waals surface area contributed by atoms with Crippen molar-refractivity contribution in [3.63, 3.8) is 0 Å². The van der Waals surface area contributed by atoms with Crippen molar-refractivity contribution in [2.75, 3.05) is 26.4 Å². The fraction of sp³-hybridized carbons (Fsp3) is 0.949. The van der Waals surface area contributed by atoms with Crippen molar-refractivity contribution in [1.29, 1.82) is 0 Å². The normalized spacial score (nSPS) is 11.8. The highest BCUT2D eigenvalue weighted by Gasteiger charge is 1.96. The summed E-state index contributed by atoms with van der Waals surface area (Å²) in [6.07, 6.45) is 47.7. The minimum absolute atomic E-state index is 0.865. The summed E-state index contributed by atoms with van der Waals surface area (Å²) >= 11 is 0. The van der Waals surface area contributed by atoms with Crippen LogP contribution >= 0.6 is 0 Å². The molecule has 2 heteroatoms. The highest BCUT2D eigenvalue weighted by atomic mass is 16.5. The first kappa shape index (κ1) is 40.7. The van der Waals surface area contributed by atoms with Gasteiger partial charge in [0.2, 0.25) is 0 Å². The molecule has 0 spiro atoms. The standard InChI is InChI=1S/C39H78O2/c1-3-5-7-9-11-13-15-17-19-21-23-25-27-29-31-33-36-40-38-35-39-41-37-34-32-30-28-26-24-22-20-18-16-14-12-10-8-6-4-2/h17,19H,3-16,18,20-39H2,1-2H3. The zero-order chi connectivity index (χ0) is 29.6. The van der Waals surface area contributed by atoms with Crippen LogP contribution in [0.3, 0.4) is 0 Å². The molecule has 246 valence electrons. The minimum atomic E-state index is 0.865. The Bertz CT molecular complexity index is 460. The van der Waals surface area contributed by atoms with Gasteiger partial charge in [0.15, 0.2) is 0 Å². The molecule has 0 amide bonds. The van der Waals surface area contributed by atoms with Gasteiger partial charge in [-0.3, -0.25) is 0 Å². The second kappa shape index (κ2) is 39.7. The molecular weight excluding hydrogens is 500 g/mol. The number of ether oxygens (including phenoxy) is 2. The van der Waals surface area contributed by atoms with Crippen molar-refractivity contribution in [1.82, 2.24) is 0 Å². The van der Waals surface area contributed by atoms with E-state index in [1.807, 2.05) is 0 Å². The predicted molar refractivity (Wildman–Crippen MR) is 185 cm³/mol. The summed E-state index contributed by atoms with van der Waals surface area (Å²) in [4.78, 5) is 0. The van der Waals surface area contributed by atoms with Crippen molar-refractivity contribution in [3.8, 4) is 0 Å². The second-order valence-electron chi connectivity index (χ2n) is 12.8. The van der Waals surface area contributed by atoms with Crippen LogP contribution < -0.4 is 0 Å². The van der Waals surface area contributed by atoms with Gasteiger partial charge >= 0.3 is 0 Å². The summed E-state index contributed by atoms with van der Waals surface area (Å²) < 4.78 is 11.6. The van der Waals surface area contributed by atoms with Crippen molar-refractivity contribution >= 4 is 0 Å². The molecule has 0 fully saturated rings. The second-order valence-corrected chi connectivity index (χ2v) is 12.8.